The summed E-state index contributed by atoms with van der Waals surface area (Å²) < 4.78 is 2.54. The number of hydrogen-bond donors (Lipinski definition) is 1. The Bertz CT molecular complexity index is 1420. The summed E-state index contributed by atoms with van der Waals surface area (Å²) in [5.74, 6) is -0.347. The molecule has 1 aromatic heterocycles. The largest absolute Gasteiger partial charge is 0.378 e. The summed E-state index contributed by atoms with van der Waals surface area (Å²) in [6.07, 6.45) is 0. The quantitative estimate of drug-likeness (QED) is 0.498. The summed E-state index contributed by atoms with van der Waals surface area (Å²) in [4.78, 5) is 41.2. The van der Waals surface area contributed by atoms with E-state index in [1.165, 1.54) is 9.13 Å². The molecule has 4 rings (SSSR count). The number of aromatic nitrogens is 2. The summed E-state index contributed by atoms with van der Waals surface area (Å²) in [5, 5.41) is 3.23. The number of carbonyl (C=O) groups excluding carboxylic acids is 1. The van der Waals surface area contributed by atoms with Crippen molar-refractivity contribution in [1.29, 1.82) is 0 Å². The van der Waals surface area contributed by atoms with Crippen LogP contribution >= 0.6 is 0 Å². The van der Waals surface area contributed by atoms with Crippen LogP contribution in [0.25, 0.3) is 10.9 Å². The summed E-state index contributed by atoms with van der Waals surface area (Å²) in [7, 11) is 3.88. The maximum Gasteiger partial charge on any atom is 0.332 e. The normalized spacial score (nSPS) is 10.9. The monoisotopic (exact) mass is 442 g/mol. The third-order valence-corrected chi connectivity index (χ3v) is 5.56. The number of nitrogens with one attached hydrogen (secondary N) is 1. The second kappa shape index (κ2) is 9.16. The molecule has 0 spiro atoms. The van der Waals surface area contributed by atoms with E-state index in [0.29, 0.717) is 16.6 Å². The number of aryl methyl sites for hydroxylation is 1. The Hall–Kier alpha value is -4.13. The fraction of sp³-hybridized carbons (Fsp3) is 0.192. The van der Waals surface area contributed by atoms with Crippen LogP contribution in [-0.2, 0) is 17.9 Å². The SMILES string of the molecule is Cc1ccc(Cn2c(=O)c3ccccc3n(CC(=O)Nc3ccc(N(C)C)cc3)c2=O)cc1. The van der Waals surface area contributed by atoms with Crippen molar-refractivity contribution in [2.45, 2.75) is 20.0 Å². The second-order valence-corrected chi connectivity index (χ2v) is 8.25. The van der Waals surface area contributed by atoms with Crippen LogP contribution in [0.3, 0.4) is 0 Å². The standard InChI is InChI=1S/C26H26N4O3/c1-18-8-10-19(11-9-18)16-30-25(32)22-6-4-5-7-23(22)29(26(30)33)17-24(31)27-20-12-14-21(15-13-20)28(2)3/h4-15H,16-17H2,1-3H3,(H,27,31). The van der Waals surface area contributed by atoms with Gasteiger partial charge in [0.1, 0.15) is 6.54 Å². The number of rotatable bonds is 6. The van der Waals surface area contributed by atoms with Gasteiger partial charge in [-0.2, -0.15) is 0 Å². The van der Waals surface area contributed by atoms with Crippen molar-refractivity contribution in [3.63, 3.8) is 0 Å². The molecule has 1 heterocycles. The highest BCUT2D eigenvalue weighted by Crippen LogP contribution is 2.16. The molecule has 0 aliphatic rings. The van der Waals surface area contributed by atoms with Gasteiger partial charge in [0, 0.05) is 25.5 Å². The minimum absolute atomic E-state index is 0.135. The lowest BCUT2D eigenvalue weighted by atomic mass is 10.1. The van der Waals surface area contributed by atoms with Gasteiger partial charge in [0.25, 0.3) is 5.56 Å². The van der Waals surface area contributed by atoms with E-state index < -0.39 is 5.69 Å². The molecule has 0 fully saturated rings. The van der Waals surface area contributed by atoms with Gasteiger partial charge in [-0.3, -0.25) is 18.7 Å². The molecule has 7 heteroatoms. The molecule has 7 nitrogen and oxygen atoms in total. The van der Waals surface area contributed by atoms with E-state index in [-0.39, 0.29) is 24.6 Å². The lowest BCUT2D eigenvalue weighted by molar-refractivity contribution is -0.116. The average molecular weight is 443 g/mol. The average Bonchev–Trinajstić information content (AvgIpc) is 2.81. The smallest absolute Gasteiger partial charge is 0.332 e. The van der Waals surface area contributed by atoms with Crippen molar-refractivity contribution in [1.82, 2.24) is 9.13 Å². The maximum absolute atomic E-state index is 13.3. The fourth-order valence-electron chi connectivity index (χ4n) is 3.73. The molecule has 1 N–H and O–H groups in total. The zero-order valence-electron chi connectivity index (χ0n) is 18.9. The van der Waals surface area contributed by atoms with Crippen molar-refractivity contribution in [3.8, 4) is 0 Å². The third kappa shape index (κ3) is 4.72. The van der Waals surface area contributed by atoms with Crippen LogP contribution < -0.4 is 21.5 Å². The molecule has 0 aliphatic heterocycles. The van der Waals surface area contributed by atoms with Gasteiger partial charge in [0.2, 0.25) is 5.91 Å². The minimum Gasteiger partial charge on any atom is -0.378 e. The molecule has 0 unspecified atom stereocenters. The van der Waals surface area contributed by atoms with Gasteiger partial charge >= 0.3 is 5.69 Å². The van der Waals surface area contributed by atoms with Crippen molar-refractivity contribution in [2.24, 2.45) is 0 Å². The summed E-state index contributed by atoms with van der Waals surface area (Å²) >= 11 is 0. The molecule has 4 aromatic rings. The van der Waals surface area contributed by atoms with Crippen LogP contribution in [0.4, 0.5) is 11.4 Å². The highest BCUT2D eigenvalue weighted by Gasteiger charge is 2.16. The molecular weight excluding hydrogens is 416 g/mol. The fourth-order valence-corrected chi connectivity index (χ4v) is 3.73. The van der Waals surface area contributed by atoms with E-state index in [2.05, 4.69) is 5.32 Å². The zero-order chi connectivity index (χ0) is 23.5. The highest BCUT2D eigenvalue weighted by molar-refractivity contribution is 5.91. The predicted octanol–water partition coefficient (Wildman–Crippen LogP) is 3.22. The van der Waals surface area contributed by atoms with Gasteiger partial charge in [-0.25, -0.2) is 4.79 Å². The first kappa shape index (κ1) is 22.1. The molecule has 0 radical (unpaired) electrons. The van der Waals surface area contributed by atoms with E-state index in [9.17, 15) is 14.4 Å². The highest BCUT2D eigenvalue weighted by atomic mass is 16.2. The van der Waals surface area contributed by atoms with E-state index in [1.54, 1.807) is 24.3 Å². The number of nitrogens with zero attached hydrogens (tertiary/aromatic N) is 3. The van der Waals surface area contributed by atoms with Crippen LogP contribution in [0, 0.1) is 6.92 Å². The van der Waals surface area contributed by atoms with E-state index in [4.69, 9.17) is 0 Å². The van der Waals surface area contributed by atoms with Gasteiger partial charge in [-0.1, -0.05) is 42.0 Å². The van der Waals surface area contributed by atoms with Gasteiger partial charge in [0.15, 0.2) is 0 Å². The Labute approximate surface area is 191 Å². The number of para-hydroxylation sites is 1. The van der Waals surface area contributed by atoms with Crippen LogP contribution in [0.5, 0.6) is 0 Å². The maximum atomic E-state index is 13.3. The van der Waals surface area contributed by atoms with Crippen LogP contribution in [0.15, 0.2) is 82.4 Å². The van der Waals surface area contributed by atoms with Crippen molar-refractivity contribution in [2.75, 3.05) is 24.3 Å². The number of hydrogen-bond acceptors (Lipinski definition) is 4. The Morgan fingerprint density at radius 3 is 2.21 bits per heavy atom. The van der Waals surface area contributed by atoms with Crippen LogP contribution in [0.1, 0.15) is 11.1 Å². The van der Waals surface area contributed by atoms with E-state index in [1.807, 2.05) is 74.4 Å². The van der Waals surface area contributed by atoms with Crippen LogP contribution in [0.2, 0.25) is 0 Å². The summed E-state index contributed by atoms with van der Waals surface area (Å²) in [5.41, 5.74) is 3.13. The Balaban J connectivity index is 1.69. The first-order chi connectivity index (χ1) is 15.8. The molecule has 0 saturated heterocycles. The lowest BCUT2D eigenvalue weighted by Gasteiger charge is -2.15. The van der Waals surface area contributed by atoms with E-state index in [0.717, 1.165) is 16.8 Å². The first-order valence-electron chi connectivity index (χ1n) is 10.7. The molecule has 33 heavy (non-hydrogen) atoms. The topological polar surface area (TPSA) is 76.3 Å². The van der Waals surface area contributed by atoms with Gasteiger partial charge in [-0.05, 0) is 48.9 Å². The lowest BCUT2D eigenvalue weighted by Crippen LogP contribution is -2.42. The van der Waals surface area contributed by atoms with E-state index >= 15 is 0 Å². The Morgan fingerprint density at radius 1 is 0.879 bits per heavy atom. The molecule has 0 saturated carbocycles. The number of carbonyl (C=O) groups is 1. The molecule has 168 valence electrons. The molecule has 0 atom stereocenters. The number of anilines is 2. The zero-order valence-corrected chi connectivity index (χ0v) is 18.9. The Kier molecular flexibility index (Phi) is 6.13. The minimum atomic E-state index is -0.516. The number of amides is 1. The van der Waals surface area contributed by atoms with Gasteiger partial charge < -0.3 is 10.2 Å². The van der Waals surface area contributed by atoms with Gasteiger partial charge in [0.05, 0.1) is 17.4 Å². The third-order valence-electron chi connectivity index (χ3n) is 5.56. The predicted molar refractivity (Wildman–Crippen MR) is 132 cm³/mol. The van der Waals surface area contributed by atoms with Gasteiger partial charge in [-0.15, -0.1) is 0 Å². The van der Waals surface area contributed by atoms with Crippen LogP contribution in [-0.4, -0.2) is 29.1 Å². The van der Waals surface area contributed by atoms with Crippen molar-refractivity contribution in [3.05, 3.63) is 105 Å². The Morgan fingerprint density at radius 2 is 1.55 bits per heavy atom. The molecule has 0 aliphatic carbocycles. The molecule has 1 amide bonds. The molecule has 3 aromatic carbocycles. The summed E-state index contributed by atoms with van der Waals surface area (Å²) in [6.45, 7) is 1.91. The van der Waals surface area contributed by atoms with Crippen molar-refractivity contribution < 1.29 is 4.79 Å². The second-order valence-electron chi connectivity index (χ2n) is 8.25. The van der Waals surface area contributed by atoms with Crippen molar-refractivity contribution >= 4 is 28.2 Å². The molecule has 0 bridgehead atoms. The number of benzene rings is 3. The number of fused-ring (bicyclic) bond motifs is 1. The summed E-state index contributed by atoms with van der Waals surface area (Å²) in [6, 6.07) is 22.0. The first-order valence-corrected chi connectivity index (χ1v) is 10.7. The molecular formula is C26H26N4O3.